The maximum absolute atomic E-state index is 8.95. The lowest BCUT2D eigenvalue weighted by Gasteiger charge is -2.02. The Balaban J connectivity index is 0.000000165. The molecule has 4 nitrogen and oxygen atoms in total. The highest BCUT2D eigenvalue weighted by Gasteiger charge is 2.03. The average molecular weight is 219 g/mol. The van der Waals surface area contributed by atoms with Gasteiger partial charge in [-0.05, 0) is 13.8 Å². The topological polar surface area (TPSA) is 64.1 Å². The van der Waals surface area contributed by atoms with E-state index in [1.54, 1.807) is 6.92 Å². The second-order valence-electron chi connectivity index (χ2n) is 3.56. The first-order valence-corrected chi connectivity index (χ1v) is 5.08. The predicted molar refractivity (Wildman–Crippen MR) is 64.2 cm³/mol. The van der Waals surface area contributed by atoms with Crippen molar-refractivity contribution in [2.75, 3.05) is 5.84 Å². The lowest BCUT2D eigenvalue weighted by atomic mass is 10.2. The van der Waals surface area contributed by atoms with E-state index in [9.17, 15) is 0 Å². The fraction of sp³-hybridized carbons (Fsp3) is 0.250. The summed E-state index contributed by atoms with van der Waals surface area (Å²) in [4.78, 5) is 3.72. The van der Waals surface area contributed by atoms with Gasteiger partial charge in [-0.2, -0.15) is 0 Å². The van der Waals surface area contributed by atoms with Crippen LogP contribution in [0.1, 0.15) is 24.3 Å². The fourth-order valence-corrected chi connectivity index (χ4v) is 1.17. The van der Waals surface area contributed by atoms with Crippen LogP contribution in [0.2, 0.25) is 0 Å². The first kappa shape index (κ1) is 12.3. The minimum absolute atomic E-state index is 0.544. The molecule has 0 amide bonds. The van der Waals surface area contributed by atoms with Crippen LogP contribution in [0.25, 0.3) is 0 Å². The Labute approximate surface area is 95.3 Å². The maximum Gasteiger partial charge on any atom is 0.114 e. The second-order valence-corrected chi connectivity index (χ2v) is 3.56. The van der Waals surface area contributed by atoms with Crippen LogP contribution in [0.3, 0.4) is 0 Å². The molecule has 3 N–H and O–H groups in total. The monoisotopic (exact) mass is 219 g/mol. The van der Waals surface area contributed by atoms with Crippen LogP contribution in [0, 0.1) is 6.92 Å². The van der Waals surface area contributed by atoms with E-state index in [-0.39, 0.29) is 0 Å². The third-order valence-corrected chi connectivity index (χ3v) is 2.06. The van der Waals surface area contributed by atoms with Gasteiger partial charge in [0.1, 0.15) is 6.33 Å². The minimum Gasteiger partial charge on any atom is -0.387 e. The fourth-order valence-electron chi connectivity index (χ4n) is 1.17. The van der Waals surface area contributed by atoms with Crippen molar-refractivity contribution in [1.29, 1.82) is 0 Å². The van der Waals surface area contributed by atoms with Crippen molar-refractivity contribution in [3.8, 4) is 0 Å². The third kappa shape index (κ3) is 3.74. The molecule has 0 aliphatic carbocycles. The Morgan fingerprint density at radius 1 is 1.31 bits per heavy atom. The summed E-state index contributed by atoms with van der Waals surface area (Å²) in [5.74, 6) is 5.34. The number of rotatable bonds is 1. The minimum atomic E-state index is -0.544. The number of aliphatic hydroxyl groups excluding tert-OH is 1. The molecular formula is C12H17N3O. The molecule has 0 fully saturated rings. The number of hydrogen-bond acceptors (Lipinski definition) is 3. The second kappa shape index (κ2) is 5.92. The van der Waals surface area contributed by atoms with Gasteiger partial charge in [0.05, 0.1) is 18.0 Å². The average Bonchev–Trinajstić information content (AvgIpc) is 2.66. The molecule has 86 valence electrons. The van der Waals surface area contributed by atoms with E-state index in [0.29, 0.717) is 5.69 Å². The number of hydrogen-bond donors (Lipinski definition) is 2. The van der Waals surface area contributed by atoms with Crippen LogP contribution in [-0.4, -0.2) is 14.8 Å². The molecule has 1 heterocycles. The van der Waals surface area contributed by atoms with Gasteiger partial charge in [-0.15, -0.1) is 0 Å². The Morgan fingerprint density at radius 3 is 2.19 bits per heavy atom. The zero-order valence-corrected chi connectivity index (χ0v) is 9.54. The van der Waals surface area contributed by atoms with Gasteiger partial charge < -0.3 is 10.9 Å². The molecule has 1 aromatic heterocycles. The lowest BCUT2D eigenvalue weighted by molar-refractivity contribution is 0.191. The first-order chi connectivity index (χ1) is 7.61. The van der Waals surface area contributed by atoms with Gasteiger partial charge in [-0.1, -0.05) is 35.9 Å². The van der Waals surface area contributed by atoms with E-state index < -0.39 is 6.10 Å². The van der Waals surface area contributed by atoms with Crippen LogP contribution in [0.4, 0.5) is 0 Å². The summed E-state index contributed by atoms with van der Waals surface area (Å²) < 4.78 is 1.30. The quantitative estimate of drug-likeness (QED) is 0.717. The van der Waals surface area contributed by atoms with E-state index in [2.05, 4.69) is 24.0 Å². The molecule has 1 atom stereocenters. The largest absolute Gasteiger partial charge is 0.387 e. The molecule has 16 heavy (non-hydrogen) atoms. The van der Waals surface area contributed by atoms with Gasteiger partial charge in [-0.25, -0.2) is 4.98 Å². The molecule has 0 saturated heterocycles. The number of imidazole rings is 1. The van der Waals surface area contributed by atoms with Crippen LogP contribution in [0.5, 0.6) is 0 Å². The Bertz CT molecular complexity index is 409. The molecule has 0 aliphatic heterocycles. The number of nitrogen functional groups attached to an aromatic ring is 1. The summed E-state index contributed by atoms with van der Waals surface area (Å²) in [6.45, 7) is 3.72. The van der Waals surface area contributed by atoms with Crippen molar-refractivity contribution in [3.05, 3.63) is 54.1 Å². The molecule has 1 aromatic carbocycles. The zero-order valence-electron chi connectivity index (χ0n) is 9.54. The summed E-state index contributed by atoms with van der Waals surface area (Å²) in [6.07, 6.45) is 2.43. The number of aryl methyl sites for hydroxylation is 1. The molecule has 0 saturated carbocycles. The molecule has 2 rings (SSSR count). The van der Waals surface area contributed by atoms with Crippen LogP contribution >= 0.6 is 0 Å². The van der Waals surface area contributed by atoms with Gasteiger partial charge in [-0.3, -0.25) is 4.68 Å². The summed E-state index contributed by atoms with van der Waals surface area (Å²) in [7, 11) is 0. The van der Waals surface area contributed by atoms with Crippen LogP contribution < -0.4 is 5.84 Å². The summed E-state index contributed by atoms with van der Waals surface area (Å²) in [5, 5.41) is 8.95. The highest BCUT2D eigenvalue weighted by Crippen LogP contribution is 2.06. The van der Waals surface area contributed by atoms with E-state index in [4.69, 9.17) is 10.9 Å². The van der Waals surface area contributed by atoms with Gasteiger partial charge in [0.25, 0.3) is 0 Å². The Kier molecular flexibility index (Phi) is 4.54. The van der Waals surface area contributed by atoms with Crippen molar-refractivity contribution in [3.63, 3.8) is 0 Å². The van der Waals surface area contributed by atoms with Gasteiger partial charge in [0.2, 0.25) is 0 Å². The summed E-state index contributed by atoms with van der Waals surface area (Å²) in [5.41, 5.74) is 1.94. The molecule has 0 spiro atoms. The first-order valence-electron chi connectivity index (χ1n) is 5.08. The zero-order chi connectivity index (χ0) is 12.0. The maximum atomic E-state index is 8.95. The molecule has 0 radical (unpaired) electrons. The van der Waals surface area contributed by atoms with Crippen LogP contribution in [0.15, 0.2) is 42.9 Å². The van der Waals surface area contributed by atoms with Crippen molar-refractivity contribution in [2.24, 2.45) is 0 Å². The molecule has 0 bridgehead atoms. The van der Waals surface area contributed by atoms with Crippen molar-refractivity contribution >= 4 is 0 Å². The van der Waals surface area contributed by atoms with E-state index in [0.717, 1.165) is 0 Å². The highest BCUT2D eigenvalue weighted by atomic mass is 16.3. The highest BCUT2D eigenvalue weighted by molar-refractivity contribution is 5.11. The standard InChI is InChI=1S/C7H8.C5H9N3O/c1-7-5-3-2-4-6-7;1-4(9)5-2-7-3-8(5)6/h2-6H,1H3;2-4,9H,6H2,1H3. The molecule has 2 aromatic rings. The van der Waals surface area contributed by atoms with E-state index >= 15 is 0 Å². The summed E-state index contributed by atoms with van der Waals surface area (Å²) in [6, 6.07) is 10.3. The van der Waals surface area contributed by atoms with Crippen LogP contribution in [-0.2, 0) is 0 Å². The number of benzene rings is 1. The number of aliphatic hydroxyl groups is 1. The normalized spacial score (nSPS) is 11.4. The van der Waals surface area contributed by atoms with Crippen molar-refractivity contribution in [2.45, 2.75) is 20.0 Å². The summed E-state index contributed by atoms with van der Waals surface area (Å²) >= 11 is 0. The number of aromatic nitrogens is 2. The lowest BCUT2D eigenvalue weighted by Crippen LogP contribution is -2.12. The molecule has 0 aliphatic rings. The number of nitrogens with two attached hydrogens (primary N) is 1. The van der Waals surface area contributed by atoms with E-state index in [1.807, 2.05) is 18.2 Å². The SMILES string of the molecule is CC(O)c1cncn1N.Cc1ccccc1. The predicted octanol–water partition coefficient (Wildman–Crippen LogP) is 1.65. The Morgan fingerprint density at radius 2 is 1.94 bits per heavy atom. The van der Waals surface area contributed by atoms with Crippen molar-refractivity contribution in [1.82, 2.24) is 9.66 Å². The smallest absolute Gasteiger partial charge is 0.114 e. The molecular weight excluding hydrogens is 202 g/mol. The number of nitrogens with zero attached hydrogens (tertiary/aromatic N) is 2. The molecule has 4 heteroatoms. The third-order valence-electron chi connectivity index (χ3n) is 2.06. The molecule has 1 unspecified atom stereocenters. The van der Waals surface area contributed by atoms with Gasteiger partial charge >= 0.3 is 0 Å². The van der Waals surface area contributed by atoms with Gasteiger partial charge in [0.15, 0.2) is 0 Å². The Hall–Kier alpha value is -1.81. The van der Waals surface area contributed by atoms with E-state index in [1.165, 1.54) is 22.8 Å². The van der Waals surface area contributed by atoms with Crippen molar-refractivity contribution < 1.29 is 5.11 Å². The van der Waals surface area contributed by atoms with Gasteiger partial charge in [0, 0.05) is 0 Å².